The van der Waals surface area contributed by atoms with Crippen LogP contribution in [0.15, 0.2) is 42.5 Å². The number of pyridine rings is 1. The minimum absolute atomic E-state index is 0.00760. The lowest BCUT2D eigenvalue weighted by molar-refractivity contribution is 0.0706. The van der Waals surface area contributed by atoms with Crippen LogP contribution in [0.2, 0.25) is 0 Å². The number of aliphatic hydroxyl groups excluding tert-OH is 1. The molecule has 24 heavy (non-hydrogen) atoms. The van der Waals surface area contributed by atoms with E-state index >= 15 is 0 Å². The van der Waals surface area contributed by atoms with Gasteiger partial charge in [0, 0.05) is 31.3 Å². The molecule has 1 atom stereocenters. The van der Waals surface area contributed by atoms with E-state index in [9.17, 15) is 9.90 Å². The van der Waals surface area contributed by atoms with Crippen LogP contribution in [-0.2, 0) is 4.74 Å². The summed E-state index contributed by atoms with van der Waals surface area (Å²) in [5.74, 6) is -0.00760. The number of carbonyl (C=O) groups excluding carboxylic acids is 1. The van der Waals surface area contributed by atoms with Gasteiger partial charge in [-0.15, -0.1) is 0 Å². The highest BCUT2D eigenvalue weighted by atomic mass is 16.5. The van der Waals surface area contributed by atoms with Gasteiger partial charge in [0.1, 0.15) is 0 Å². The average molecular weight is 328 g/mol. The summed E-state index contributed by atoms with van der Waals surface area (Å²) in [6.07, 6.45) is -0.607. The molecule has 1 amide bonds. The van der Waals surface area contributed by atoms with Crippen molar-refractivity contribution < 1.29 is 14.6 Å². The highest BCUT2D eigenvalue weighted by Crippen LogP contribution is 2.20. The Labute approximate surface area is 142 Å². The largest absolute Gasteiger partial charge is 0.387 e. The second kappa shape index (κ2) is 8.57. The summed E-state index contributed by atoms with van der Waals surface area (Å²) < 4.78 is 5.05. The minimum atomic E-state index is -0.607. The smallest absolute Gasteiger partial charge is 0.253 e. The Morgan fingerprint density at radius 3 is 2.54 bits per heavy atom. The van der Waals surface area contributed by atoms with Crippen LogP contribution in [0.1, 0.15) is 36.0 Å². The number of benzene rings is 1. The monoisotopic (exact) mass is 328 g/mol. The molecule has 0 unspecified atom stereocenters. The summed E-state index contributed by atoms with van der Waals surface area (Å²) in [4.78, 5) is 18.7. The van der Waals surface area contributed by atoms with Crippen molar-refractivity contribution in [3.63, 3.8) is 0 Å². The van der Waals surface area contributed by atoms with Crippen LogP contribution in [0.3, 0.4) is 0 Å². The fraction of sp³-hybridized carbons (Fsp3) is 0.368. The first kappa shape index (κ1) is 18.1. The lowest BCUT2D eigenvalue weighted by Gasteiger charge is -2.20. The van der Waals surface area contributed by atoms with Crippen molar-refractivity contribution >= 4 is 5.91 Å². The molecule has 0 radical (unpaired) electrons. The first-order chi connectivity index (χ1) is 11.6. The molecule has 5 nitrogen and oxygen atoms in total. The number of amides is 1. The van der Waals surface area contributed by atoms with Crippen LogP contribution in [-0.4, -0.2) is 47.7 Å². The zero-order valence-corrected chi connectivity index (χ0v) is 14.4. The molecule has 0 saturated carbocycles. The Hall–Kier alpha value is -2.24. The number of hydrogen-bond donors (Lipinski definition) is 1. The van der Waals surface area contributed by atoms with Gasteiger partial charge in [0.05, 0.1) is 24.1 Å². The summed E-state index contributed by atoms with van der Waals surface area (Å²) in [5, 5.41) is 9.65. The van der Waals surface area contributed by atoms with Crippen LogP contribution in [0.5, 0.6) is 0 Å². The number of aromatic nitrogens is 1. The third kappa shape index (κ3) is 4.40. The molecule has 0 fully saturated rings. The average Bonchev–Trinajstić information content (AvgIpc) is 2.62. The maximum Gasteiger partial charge on any atom is 0.253 e. The predicted octanol–water partition coefficient (Wildman–Crippen LogP) is 2.91. The highest BCUT2D eigenvalue weighted by Gasteiger charge is 2.14. The summed E-state index contributed by atoms with van der Waals surface area (Å²) in [6, 6.07) is 12.9. The van der Waals surface area contributed by atoms with Gasteiger partial charge in [-0.3, -0.25) is 9.78 Å². The molecule has 128 valence electrons. The molecule has 0 bridgehead atoms. The van der Waals surface area contributed by atoms with E-state index in [2.05, 4.69) is 4.98 Å². The van der Waals surface area contributed by atoms with E-state index in [1.54, 1.807) is 25.0 Å². The van der Waals surface area contributed by atoms with Crippen molar-refractivity contribution in [2.75, 3.05) is 26.8 Å². The number of hydrogen-bond acceptors (Lipinski definition) is 4. The van der Waals surface area contributed by atoms with E-state index in [0.29, 0.717) is 31.0 Å². The Bertz CT molecular complexity index is 669. The Morgan fingerprint density at radius 1 is 1.25 bits per heavy atom. The lowest BCUT2D eigenvalue weighted by atomic mass is 10.1. The molecule has 1 heterocycles. The van der Waals surface area contributed by atoms with Gasteiger partial charge in [0.15, 0.2) is 0 Å². The fourth-order valence-corrected chi connectivity index (χ4v) is 2.42. The predicted molar refractivity (Wildman–Crippen MR) is 93.8 cm³/mol. The summed E-state index contributed by atoms with van der Waals surface area (Å²) in [6.45, 7) is 5.38. The van der Waals surface area contributed by atoms with Gasteiger partial charge in [0.25, 0.3) is 5.91 Å². The van der Waals surface area contributed by atoms with Gasteiger partial charge in [-0.1, -0.05) is 18.2 Å². The van der Waals surface area contributed by atoms with Crippen molar-refractivity contribution in [2.45, 2.75) is 20.0 Å². The number of likely N-dealkylation sites (N-methyl/N-ethyl adjacent to an activating group) is 1. The molecule has 0 aliphatic carbocycles. The SMILES string of the molecule is CCN(CCOC)C(=O)c1ccc(-c2cccc([C@H](C)O)n2)cc1. The van der Waals surface area contributed by atoms with Crippen molar-refractivity contribution in [1.29, 1.82) is 0 Å². The van der Waals surface area contributed by atoms with E-state index in [1.165, 1.54) is 0 Å². The number of carbonyl (C=O) groups is 1. The van der Waals surface area contributed by atoms with Gasteiger partial charge in [-0.05, 0) is 38.1 Å². The van der Waals surface area contributed by atoms with Crippen LogP contribution < -0.4 is 0 Å². The molecule has 2 aromatic rings. The Balaban J connectivity index is 2.18. The molecular formula is C19H24N2O3. The molecule has 0 saturated heterocycles. The van der Waals surface area contributed by atoms with Crippen molar-refractivity contribution in [3.8, 4) is 11.3 Å². The zero-order valence-electron chi connectivity index (χ0n) is 14.4. The highest BCUT2D eigenvalue weighted by molar-refractivity contribution is 5.94. The first-order valence-electron chi connectivity index (χ1n) is 8.10. The van der Waals surface area contributed by atoms with Crippen molar-refractivity contribution in [2.24, 2.45) is 0 Å². The summed E-state index contributed by atoms with van der Waals surface area (Å²) >= 11 is 0. The zero-order chi connectivity index (χ0) is 17.5. The molecule has 0 aliphatic rings. The number of ether oxygens (including phenoxy) is 1. The standard InChI is InChI=1S/C19H24N2O3/c1-4-21(12-13-24-3)19(23)16-10-8-15(9-11-16)18-7-5-6-17(20-18)14(2)22/h5-11,14,22H,4,12-13H2,1-3H3/t14-/m0/s1. The maximum atomic E-state index is 12.5. The van der Waals surface area contributed by atoms with Gasteiger partial charge in [-0.2, -0.15) is 0 Å². The first-order valence-corrected chi connectivity index (χ1v) is 8.10. The second-order valence-corrected chi connectivity index (χ2v) is 5.58. The third-order valence-electron chi connectivity index (χ3n) is 3.86. The van der Waals surface area contributed by atoms with Gasteiger partial charge < -0.3 is 14.7 Å². The Morgan fingerprint density at radius 2 is 1.96 bits per heavy atom. The van der Waals surface area contributed by atoms with E-state index in [0.717, 1.165) is 11.3 Å². The van der Waals surface area contributed by atoms with Crippen LogP contribution in [0.4, 0.5) is 0 Å². The second-order valence-electron chi connectivity index (χ2n) is 5.58. The van der Waals surface area contributed by atoms with Crippen LogP contribution >= 0.6 is 0 Å². The molecule has 0 spiro atoms. The topological polar surface area (TPSA) is 62.7 Å². The van der Waals surface area contributed by atoms with E-state index in [-0.39, 0.29) is 5.91 Å². The van der Waals surface area contributed by atoms with Crippen molar-refractivity contribution in [1.82, 2.24) is 9.88 Å². The summed E-state index contributed by atoms with van der Waals surface area (Å²) in [5.41, 5.74) is 2.96. The van der Waals surface area contributed by atoms with E-state index < -0.39 is 6.10 Å². The number of aliphatic hydroxyl groups is 1. The van der Waals surface area contributed by atoms with Gasteiger partial charge in [-0.25, -0.2) is 0 Å². The fourth-order valence-electron chi connectivity index (χ4n) is 2.42. The molecule has 0 aliphatic heterocycles. The number of rotatable bonds is 7. The molecule has 2 rings (SSSR count). The molecule has 1 N–H and O–H groups in total. The van der Waals surface area contributed by atoms with E-state index in [1.807, 2.05) is 43.3 Å². The summed E-state index contributed by atoms with van der Waals surface area (Å²) in [7, 11) is 1.63. The van der Waals surface area contributed by atoms with Crippen LogP contribution in [0.25, 0.3) is 11.3 Å². The number of methoxy groups -OCH3 is 1. The van der Waals surface area contributed by atoms with Crippen molar-refractivity contribution in [3.05, 3.63) is 53.7 Å². The third-order valence-corrected chi connectivity index (χ3v) is 3.86. The lowest BCUT2D eigenvalue weighted by Crippen LogP contribution is -2.33. The Kier molecular flexibility index (Phi) is 6.46. The van der Waals surface area contributed by atoms with Gasteiger partial charge in [0.2, 0.25) is 0 Å². The molecular weight excluding hydrogens is 304 g/mol. The number of nitrogens with zero attached hydrogens (tertiary/aromatic N) is 2. The minimum Gasteiger partial charge on any atom is -0.387 e. The molecule has 1 aromatic heterocycles. The maximum absolute atomic E-state index is 12.5. The molecule has 1 aromatic carbocycles. The molecule has 5 heteroatoms. The van der Waals surface area contributed by atoms with Crippen LogP contribution in [0, 0.1) is 0 Å². The quantitative estimate of drug-likeness (QED) is 0.849. The van der Waals surface area contributed by atoms with E-state index in [4.69, 9.17) is 4.74 Å². The normalized spacial score (nSPS) is 12.0. The van der Waals surface area contributed by atoms with Gasteiger partial charge >= 0.3 is 0 Å².